The van der Waals surface area contributed by atoms with Crippen molar-refractivity contribution < 1.29 is 9.23 Å². The molecule has 3 nitrogen and oxygen atoms in total. The average molecular weight is 290 g/mol. The number of hydrogen-bond acceptors (Lipinski definition) is 3. The number of rotatable bonds is 3. The maximum Gasteiger partial charge on any atom is 0.144 e. The fourth-order valence-corrected chi connectivity index (χ4v) is 3.57. The first-order chi connectivity index (χ1) is 9.97. The molecule has 0 amide bonds. The molecular weight excluding hydrogens is 267 g/mol. The van der Waals surface area contributed by atoms with Crippen molar-refractivity contribution in [1.29, 1.82) is 0 Å². The second-order valence-corrected chi connectivity index (χ2v) is 6.83. The highest BCUT2D eigenvalue weighted by Gasteiger charge is 2.46. The summed E-state index contributed by atoms with van der Waals surface area (Å²) in [7, 11) is 0. The minimum Gasteiger partial charge on any atom is -0.388 e. The van der Waals surface area contributed by atoms with E-state index in [0.29, 0.717) is 6.54 Å². The van der Waals surface area contributed by atoms with Crippen molar-refractivity contribution in [3.63, 3.8) is 0 Å². The lowest BCUT2D eigenvalue weighted by molar-refractivity contribution is -0.00797. The van der Waals surface area contributed by atoms with E-state index in [1.54, 1.807) is 12.1 Å². The first kappa shape index (κ1) is 14.5. The molecule has 1 saturated carbocycles. The third kappa shape index (κ3) is 2.46. The molecule has 2 aliphatic rings. The molecular formula is C17H23FN2O. The maximum atomic E-state index is 13.4. The number of nitrogens with two attached hydrogens (primary N) is 1. The number of aryl methyl sites for hydroxylation is 1. The molecule has 0 heterocycles. The number of hydrogen-bond donors (Lipinski definition) is 1. The van der Waals surface area contributed by atoms with E-state index in [-0.39, 0.29) is 11.2 Å². The molecule has 2 aliphatic carbocycles. The lowest BCUT2D eigenvalue weighted by Gasteiger charge is -2.27. The Labute approximate surface area is 125 Å². The molecule has 0 bridgehead atoms. The van der Waals surface area contributed by atoms with Gasteiger partial charge in [-0.15, -0.1) is 0 Å². The van der Waals surface area contributed by atoms with Crippen LogP contribution in [0.25, 0.3) is 0 Å². The summed E-state index contributed by atoms with van der Waals surface area (Å²) in [6.07, 6.45) is 5.08. The molecule has 1 fully saturated rings. The van der Waals surface area contributed by atoms with Gasteiger partial charge in [-0.25, -0.2) is 4.39 Å². The van der Waals surface area contributed by atoms with Gasteiger partial charge in [0, 0.05) is 12.0 Å². The first-order valence-electron chi connectivity index (χ1n) is 7.71. The van der Waals surface area contributed by atoms with Crippen molar-refractivity contribution in [2.45, 2.75) is 57.0 Å². The highest BCUT2D eigenvalue weighted by atomic mass is 19.1. The van der Waals surface area contributed by atoms with Crippen LogP contribution in [0.5, 0.6) is 0 Å². The lowest BCUT2D eigenvalue weighted by atomic mass is 9.79. The molecule has 0 aromatic heterocycles. The number of benzene rings is 1. The Bertz CT molecular complexity index is 582. The molecule has 114 valence electrons. The van der Waals surface area contributed by atoms with Gasteiger partial charge >= 0.3 is 0 Å². The van der Waals surface area contributed by atoms with Crippen LogP contribution in [-0.4, -0.2) is 17.9 Å². The number of halogens is 1. The Morgan fingerprint density at radius 1 is 1.33 bits per heavy atom. The number of oxime groups is 1. The Balaban J connectivity index is 1.94. The van der Waals surface area contributed by atoms with E-state index in [0.717, 1.165) is 43.4 Å². The van der Waals surface area contributed by atoms with Crippen molar-refractivity contribution in [2.24, 2.45) is 10.9 Å². The summed E-state index contributed by atoms with van der Waals surface area (Å²) in [6, 6.07) is 5.17. The van der Waals surface area contributed by atoms with Crippen LogP contribution in [0.2, 0.25) is 0 Å². The Kier molecular flexibility index (Phi) is 3.52. The summed E-state index contributed by atoms with van der Waals surface area (Å²) < 4.78 is 13.4. The van der Waals surface area contributed by atoms with Gasteiger partial charge in [-0.3, -0.25) is 0 Å². The van der Waals surface area contributed by atoms with E-state index in [4.69, 9.17) is 10.6 Å². The number of nitrogens with zero attached hydrogens (tertiary/aromatic N) is 1. The monoisotopic (exact) mass is 290 g/mol. The van der Waals surface area contributed by atoms with Crippen LogP contribution in [0.15, 0.2) is 23.4 Å². The van der Waals surface area contributed by atoms with Gasteiger partial charge in [-0.05, 0) is 69.2 Å². The molecule has 3 rings (SSSR count). The van der Waals surface area contributed by atoms with Crippen LogP contribution in [-0.2, 0) is 16.7 Å². The fraction of sp³-hybridized carbons (Fsp3) is 0.588. The third-order valence-corrected chi connectivity index (χ3v) is 4.87. The van der Waals surface area contributed by atoms with Gasteiger partial charge in [-0.2, -0.15) is 0 Å². The summed E-state index contributed by atoms with van der Waals surface area (Å²) in [5, 5.41) is 4.47. The van der Waals surface area contributed by atoms with Gasteiger partial charge in [0.1, 0.15) is 11.4 Å². The lowest BCUT2D eigenvalue weighted by Crippen LogP contribution is -2.34. The Morgan fingerprint density at radius 2 is 2.14 bits per heavy atom. The van der Waals surface area contributed by atoms with Crippen LogP contribution in [0.3, 0.4) is 0 Å². The summed E-state index contributed by atoms with van der Waals surface area (Å²) in [4.78, 5) is 5.68. The van der Waals surface area contributed by atoms with E-state index in [2.05, 4.69) is 5.16 Å². The van der Waals surface area contributed by atoms with Crippen LogP contribution in [0.4, 0.5) is 4.39 Å². The molecule has 1 aromatic carbocycles. The van der Waals surface area contributed by atoms with Gasteiger partial charge < -0.3 is 10.6 Å². The normalized spacial score (nSPS) is 26.6. The van der Waals surface area contributed by atoms with E-state index < -0.39 is 5.60 Å². The molecule has 21 heavy (non-hydrogen) atoms. The highest BCUT2D eigenvalue weighted by molar-refractivity contribution is 5.97. The standard InChI is InChI=1S/C17H23FN2O/c1-16(2,11-19)21-20-15-4-3-8-17(15)9-7-12-10-13(18)5-6-14(12)17/h5-6,10H,3-4,7-9,11,19H2,1-2H3. The topological polar surface area (TPSA) is 47.6 Å². The minimum absolute atomic E-state index is 0.0340. The average Bonchev–Trinajstić information content (AvgIpc) is 3.03. The summed E-state index contributed by atoms with van der Waals surface area (Å²) in [5.74, 6) is -0.150. The van der Waals surface area contributed by atoms with Crippen molar-refractivity contribution in [3.8, 4) is 0 Å². The molecule has 1 unspecified atom stereocenters. The predicted octanol–water partition coefficient (Wildman–Crippen LogP) is 3.30. The highest BCUT2D eigenvalue weighted by Crippen LogP contribution is 2.48. The van der Waals surface area contributed by atoms with Gasteiger partial charge in [0.2, 0.25) is 0 Å². The molecule has 1 atom stereocenters. The zero-order valence-corrected chi connectivity index (χ0v) is 12.8. The largest absolute Gasteiger partial charge is 0.388 e. The minimum atomic E-state index is -0.443. The zero-order valence-electron chi connectivity index (χ0n) is 12.8. The maximum absolute atomic E-state index is 13.4. The van der Waals surface area contributed by atoms with Crippen LogP contribution in [0.1, 0.15) is 50.7 Å². The molecule has 0 aliphatic heterocycles. The van der Waals surface area contributed by atoms with Crippen molar-refractivity contribution >= 4 is 5.71 Å². The van der Waals surface area contributed by atoms with E-state index in [1.807, 2.05) is 19.9 Å². The van der Waals surface area contributed by atoms with Gasteiger partial charge in [0.25, 0.3) is 0 Å². The van der Waals surface area contributed by atoms with Crippen molar-refractivity contribution in [2.75, 3.05) is 6.54 Å². The van der Waals surface area contributed by atoms with Crippen molar-refractivity contribution in [3.05, 3.63) is 35.1 Å². The summed E-state index contributed by atoms with van der Waals surface area (Å²) in [6.45, 7) is 4.31. The third-order valence-electron chi connectivity index (χ3n) is 4.87. The Morgan fingerprint density at radius 3 is 2.90 bits per heavy atom. The van der Waals surface area contributed by atoms with Gasteiger partial charge in [0.05, 0.1) is 5.71 Å². The molecule has 4 heteroatoms. The van der Waals surface area contributed by atoms with Gasteiger partial charge in [-0.1, -0.05) is 11.2 Å². The molecule has 0 saturated heterocycles. The first-order valence-corrected chi connectivity index (χ1v) is 7.71. The molecule has 1 spiro atoms. The van der Waals surface area contributed by atoms with E-state index in [1.165, 1.54) is 5.56 Å². The second kappa shape index (κ2) is 5.09. The molecule has 2 N–H and O–H groups in total. The fourth-order valence-electron chi connectivity index (χ4n) is 3.57. The number of fused-ring (bicyclic) bond motifs is 2. The SMILES string of the molecule is CC(C)(CN)ON=C1CCCC12CCc1cc(F)ccc12. The second-order valence-electron chi connectivity index (χ2n) is 6.83. The summed E-state index contributed by atoms with van der Waals surface area (Å²) >= 11 is 0. The van der Waals surface area contributed by atoms with E-state index in [9.17, 15) is 4.39 Å². The van der Waals surface area contributed by atoms with Crippen molar-refractivity contribution in [1.82, 2.24) is 0 Å². The summed E-state index contributed by atoms with van der Waals surface area (Å²) in [5.41, 5.74) is 8.69. The quantitative estimate of drug-likeness (QED) is 0.868. The molecule has 0 radical (unpaired) electrons. The van der Waals surface area contributed by atoms with Crippen LogP contribution in [0, 0.1) is 5.82 Å². The predicted molar refractivity (Wildman–Crippen MR) is 81.9 cm³/mol. The Hall–Kier alpha value is -1.42. The van der Waals surface area contributed by atoms with Crippen LogP contribution >= 0.6 is 0 Å². The zero-order chi connectivity index (χ0) is 15.1. The smallest absolute Gasteiger partial charge is 0.144 e. The van der Waals surface area contributed by atoms with E-state index >= 15 is 0 Å². The van der Waals surface area contributed by atoms with Gasteiger partial charge in [0.15, 0.2) is 0 Å². The van der Waals surface area contributed by atoms with Crippen LogP contribution < -0.4 is 5.73 Å². The molecule has 1 aromatic rings.